The monoisotopic (exact) mass is 724 g/mol. The molecule has 2 rings (SSSR count). The predicted molar refractivity (Wildman–Crippen MR) is 192 cm³/mol. The van der Waals surface area contributed by atoms with Gasteiger partial charge in [0.15, 0.2) is 5.17 Å². The number of allylic oxidation sites excluding steroid dienone is 3. The summed E-state index contributed by atoms with van der Waals surface area (Å²) in [5, 5.41) is 4.11. The van der Waals surface area contributed by atoms with Gasteiger partial charge >= 0.3 is 0 Å². The molecule has 0 aliphatic carbocycles. The summed E-state index contributed by atoms with van der Waals surface area (Å²) in [7, 11) is 2.98. The Morgan fingerprint density at radius 1 is 1.29 bits per heavy atom. The first-order valence-corrected chi connectivity index (χ1v) is 18.4. The van der Waals surface area contributed by atoms with Crippen LogP contribution in [0.3, 0.4) is 0 Å². The number of aliphatic imine (C=N–C) groups is 1. The second-order valence-electron chi connectivity index (χ2n) is 10.2. The molecule has 0 bridgehead atoms. The lowest BCUT2D eigenvalue weighted by Gasteiger charge is -2.28. The van der Waals surface area contributed by atoms with Crippen molar-refractivity contribution < 1.29 is 9.59 Å². The van der Waals surface area contributed by atoms with Crippen molar-refractivity contribution >= 4 is 69.7 Å². The topological polar surface area (TPSA) is 103 Å². The van der Waals surface area contributed by atoms with Crippen molar-refractivity contribution in [3.63, 3.8) is 0 Å². The van der Waals surface area contributed by atoms with Crippen molar-refractivity contribution in [1.29, 1.82) is 0 Å². The van der Waals surface area contributed by atoms with Crippen LogP contribution in [0.25, 0.3) is 0 Å². The number of nitrogens with one attached hydrogen (secondary N) is 2. The maximum atomic E-state index is 13.3. The second-order valence-corrected chi connectivity index (χ2v) is 13.0. The molecule has 0 fully saturated rings. The van der Waals surface area contributed by atoms with E-state index in [9.17, 15) is 9.59 Å². The van der Waals surface area contributed by atoms with Crippen molar-refractivity contribution in [3.8, 4) is 0 Å². The lowest BCUT2D eigenvalue weighted by atomic mass is 10.0. The fourth-order valence-corrected chi connectivity index (χ4v) is 5.84. The molecule has 3 atom stereocenters. The molecular weight excluding hydrogens is 679 g/mol. The zero-order valence-electron chi connectivity index (χ0n) is 25.7. The summed E-state index contributed by atoms with van der Waals surface area (Å²) in [5.74, 6) is -0.184. The summed E-state index contributed by atoms with van der Waals surface area (Å²) in [6.07, 6.45) is 13.0. The lowest BCUT2D eigenvalue weighted by Crippen LogP contribution is -2.37. The van der Waals surface area contributed by atoms with Crippen molar-refractivity contribution in [2.45, 2.75) is 60.0 Å². The molecule has 42 heavy (non-hydrogen) atoms. The molecule has 1 aromatic carbocycles. The standard InChI is InChI=1S/C31H45IN6O2S2/c1-8-25(24(6)36-31(33)42-34-7)11-10-22(4)29(39)37(9-2)19-16-23(5)35-27-20-26(30(40)41-32)12-13-28(27)38-17-14-21(3)15-18-38/h8,10-15,17,20,22-24,34-35H,9,16,18-19H2,1-7H3,(H2,33,36)/b11-10-,25-8?. The Morgan fingerprint density at radius 2 is 2.02 bits per heavy atom. The van der Waals surface area contributed by atoms with Crippen molar-refractivity contribution in [1.82, 2.24) is 9.62 Å². The number of benzene rings is 1. The Kier molecular flexibility index (Phi) is 15.8. The predicted octanol–water partition coefficient (Wildman–Crippen LogP) is 6.94. The minimum absolute atomic E-state index is 0.0233. The van der Waals surface area contributed by atoms with Crippen LogP contribution in [-0.4, -0.2) is 59.9 Å². The number of halogens is 1. The first kappa shape index (κ1) is 36.0. The first-order chi connectivity index (χ1) is 20.0. The van der Waals surface area contributed by atoms with E-state index in [1.54, 1.807) is 7.05 Å². The van der Waals surface area contributed by atoms with Gasteiger partial charge in [0.2, 0.25) is 11.0 Å². The van der Waals surface area contributed by atoms with Gasteiger partial charge in [-0.05, 0) is 98.8 Å². The highest BCUT2D eigenvalue weighted by Gasteiger charge is 2.20. The molecule has 11 heteroatoms. The third-order valence-electron chi connectivity index (χ3n) is 6.98. The second kappa shape index (κ2) is 18.4. The molecule has 0 saturated carbocycles. The molecule has 230 valence electrons. The molecule has 1 aliphatic rings. The van der Waals surface area contributed by atoms with E-state index in [1.165, 1.54) is 26.5 Å². The SMILES string of the molecule is CC=C(/C=C\C(C)C(=O)N(CC)CCC(C)Nc1cc(C(=O)SI)ccc1N1C=CC(C)=CC1)C(C)N=C(N)SNC. The van der Waals surface area contributed by atoms with Crippen LogP contribution < -0.4 is 20.7 Å². The fourth-order valence-electron chi connectivity index (χ4n) is 4.44. The normalized spacial score (nSPS) is 16.3. The third-order valence-corrected chi connectivity index (χ3v) is 9.07. The number of carbonyl (C=O) groups is 2. The van der Waals surface area contributed by atoms with E-state index in [-0.39, 0.29) is 29.0 Å². The Morgan fingerprint density at radius 3 is 2.62 bits per heavy atom. The van der Waals surface area contributed by atoms with Gasteiger partial charge in [0, 0.05) is 58.6 Å². The molecule has 0 spiro atoms. The van der Waals surface area contributed by atoms with Crippen LogP contribution in [0.4, 0.5) is 11.4 Å². The van der Waals surface area contributed by atoms with E-state index in [1.807, 2.05) is 90.2 Å². The van der Waals surface area contributed by atoms with Crippen LogP contribution in [0.2, 0.25) is 0 Å². The highest BCUT2D eigenvalue weighted by atomic mass is 127. The Labute approximate surface area is 272 Å². The van der Waals surface area contributed by atoms with Gasteiger partial charge in [-0.25, -0.2) is 0 Å². The van der Waals surface area contributed by atoms with Crippen LogP contribution >= 0.6 is 42.1 Å². The number of nitrogens with two attached hydrogens (primary N) is 1. The van der Waals surface area contributed by atoms with E-state index < -0.39 is 0 Å². The number of amides is 1. The van der Waals surface area contributed by atoms with E-state index in [4.69, 9.17) is 5.73 Å². The van der Waals surface area contributed by atoms with Crippen LogP contribution in [0.15, 0.2) is 70.9 Å². The largest absolute Gasteiger partial charge is 0.381 e. The molecule has 1 heterocycles. The third kappa shape index (κ3) is 11.1. The molecule has 0 aromatic heterocycles. The van der Waals surface area contributed by atoms with Gasteiger partial charge in [0.05, 0.1) is 23.3 Å². The number of hydrogen-bond donors (Lipinski definition) is 3. The minimum atomic E-state index is -0.272. The van der Waals surface area contributed by atoms with Gasteiger partial charge in [-0.15, -0.1) is 0 Å². The lowest BCUT2D eigenvalue weighted by molar-refractivity contribution is -0.133. The fraction of sp³-hybridized carbons (Fsp3) is 0.452. The maximum absolute atomic E-state index is 13.3. The summed E-state index contributed by atoms with van der Waals surface area (Å²) in [6.45, 7) is 14.1. The average Bonchev–Trinajstić information content (AvgIpc) is 2.97. The summed E-state index contributed by atoms with van der Waals surface area (Å²) in [5.41, 5.74) is 10.8. The smallest absolute Gasteiger partial charge is 0.229 e. The van der Waals surface area contributed by atoms with Gasteiger partial charge in [-0.3, -0.25) is 19.3 Å². The van der Waals surface area contributed by atoms with E-state index >= 15 is 0 Å². The molecule has 1 aromatic rings. The Bertz CT molecular complexity index is 1230. The molecule has 8 nitrogen and oxygen atoms in total. The van der Waals surface area contributed by atoms with E-state index in [0.717, 1.165) is 29.9 Å². The number of rotatable bonds is 14. The van der Waals surface area contributed by atoms with E-state index in [0.29, 0.717) is 23.8 Å². The van der Waals surface area contributed by atoms with Crippen molar-refractivity contribution in [2.24, 2.45) is 16.6 Å². The van der Waals surface area contributed by atoms with Gasteiger partial charge in [0.1, 0.15) is 0 Å². The molecule has 1 amide bonds. The number of carbonyl (C=O) groups excluding carboxylic acids is 2. The molecule has 0 saturated heterocycles. The summed E-state index contributed by atoms with van der Waals surface area (Å²) < 4.78 is 2.92. The summed E-state index contributed by atoms with van der Waals surface area (Å²) >= 11 is 3.30. The number of amidine groups is 1. The number of hydrogen-bond acceptors (Lipinski definition) is 8. The highest BCUT2D eigenvalue weighted by molar-refractivity contribution is 14.2. The Balaban J connectivity index is 2.08. The first-order valence-electron chi connectivity index (χ1n) is 14.2. The van der Waals surface area contributed by atoms with Gasteiger partial charge in [-0.2, -0.15) is 0 Å². The van der Waals surface area contributed by atoms with Gasteiger partial charge in [-0.1, -0.05) is 36.8 Å². The summed E-state index contributed by atoms with van der Waals surface area (Å²) in [4.78, 5) is 34.3. The summed E-state index contributed by atoms with van der Waals surface area (Å²) in [6, 6.07) is 5.78. The zero-order valence-corrected chi connectivity index (χ0v) is 29.5. The van der Waals surface area contributed by atoms with Crippen LogP contribution in [0.5, 0.6) is 0 Å². The average molecular weight is 725 g/mol. The molecule has 4 N–H and O–H groups in total. The highest BCUT2D eigenvalue weighted by Crippen LogP contribution is 2.32. The molecule has 0 radical (unpaired) electrons. The zero-order chi connectivity index (χ0) is 31.2. The van der Waals surface area contributed by atoms with Crippen LogP contribution in [0, 0.1) is 5.92 Å². The molecule has 1 aliphatic heterocycles. The maximum Gasteiger partial charge on any atom is 0.229 e. The van der Waals surface area contributed by atoms with E-state index in [2.05, 4.69) is 52.1 Å². The quantitative estimate of drug-likeness (QED) is 0.0624. The molecular formula is C31H45IN6O2S2. The number of nitrogens with zero attached hydrogens (tertiary/aromatic N) is 3. The molecule has 3 unspecified atom stereocenters. The van der Waals surface area contributed by atoms with Crippen molar-refractivity contribution in [2.75, 3.05) is 36.9 Å². The van der Waals surface area contributed by atoms with Crippen LogP contribution in [0.1, 0.15) is 58.3 Å². The van der Waals surface area contributed by atoms with Crippen LogP contribution in [-0.2, 0) is 4.79 Å². The number of anilines is 2. The minimum Gasteiger partial charge on any atom is -0.381 e. The van der Waals surface area contributed by atoms with Gasteiger partial charge < -0.3 is 20.9 Å². The Hall–Kier alpha value is -2.22. The van der Waals surface area contributed by atoms with Crippen molar-refractivity contribution in [3.05, 3.63) is 71.5 Å². The van der Waals surface area contributed by atoms with Gasteiger partial charge in [0.25, 0.3) is 0 Å².